The fraction of sp³-hybridized carbons (Fsp3) is 0.452. The number of allylic oxidation sites excluding steroid dienone is 2. The number of ether oxygens (including phenoxy) is 1. The summed E-state index contributed by atoms with van der Waals surface area (Å²) in [7, 11) is 1.48. The third kappa shape index (κ3) is 15.0. The highest BCUT2D eigenvalue weighted by Crippen LogP contribution is 2.46. The number of dihydropyridines is 1. The van der Waals surface area contributed by atoms with Crippen molar-refractivity contribution >= 4 is 28.0 Å². The number of aliphatic hydroxyl groups excluding tert-OH is 4. The normalized spacial score (nSPS) is 25.2. The number of benzene rings is 5. The first-order chi connectivity index (χ1) is 42.1. The van der Waals surface area contributed by atoms with E-state index in [0.717, 1.165) is 69.7 Å². The van der Waals surface area contributed by atoms with Crippen molar-refractivity contribution in [1.29, 1.82) is 0 Å². The molecule has 1 fully saturated rings. The van der Waals surface area contributed by atoms with Crippen LogP contribution in [0.15, 0.2) is 121 Å². The maximum absolute atomic E-state index is 15.3. The van der Waals surface area contributed by atoms with Gasteiger partial charge >= 0.3 is 0 Å². The molecular formula is C73H88N4O10. The first kappa shape index (κ1) is 62.7. The number of carbonyl (C=O) groups excluding carboxylic acids is 2. The molecule has 87 heavy (non-hydrogen) atoms. The Morgan fingerprint density at radius 1 is 0.793 bits per heavy atom. The minimum atomic E-state index is -1.88. The first-order valence-electron chi connectivity index (χ1n) is 31.6. The Labute approximate surface area is 512 Å². The summed E-state index contributed by atoms with van der Waals surface area (Å²) in [5.41, 5.74) is 9.40. The summed E-state index contributed by atoms with van der Waals surface area (Å²) in [6.07, 6.45) is 10.2. The van der Waals surface area contributed by atoms with Gasteiger partial charge in [-0.1, -0.05) is 99.7 Å². The van der Waals surface area contributed by atoms with Crippen LogP contribution >= 0.6 is 0 Å². The van der Waals surface area contributed by atoms with Gasteiger partial charge < -0.3 is 61.4 Å². The van der Waals surface area contributed by atoms with Crippen LogP contribution in [0, 0.1) is 47.3 Å². The van der Waals surface area contributed by atoms with Crippen LogP contribution in [0.4, 0.5) is 5.69 Å². The van der Waals surface area contributed by atoms with Crippen molar-refractivity contribution in [2.45, 2.75) is 147 Å². The van der Waals surface area contributed by atoms with Crippen molar-refractivity contribution < 1.29 is 50.1 Å². The number of aromatic hydroxyl groups is 3. The number of aryl methyl sites for hydroxylation is 3. The second kappa shape index (κ2) is 28.6. The lowest BCUT2D eigenvalue weighted by Gasteiger charge is -2.33. The zero-order chi connectivity index (χ0) is 61.3. The smallest absolute Gasteiger partial charge is 0.173 e. The fourth-order valence-electron chi connectivity index (χ4n) is 14.3. The summed E-state index contributed by atoms with van der Waals surface area (Å²) in [4.78, 5) is 33.2. The third-order valence-corrected chi connectivity index (χ3v) is 19.2. The largest absolute Gasteiger partial charge is 0.508 e. The van der Waals surface area contributed by atoms with E-state index in [1.54, 1.807) is 18.2 Å². The molecule has 9 bridgehead atoms. The number of hydrogen-bond donors (Lipinski definition) is 11. The Morgan fingerprint density at radius 3 is 2.39 bits per heavy atom. The molecule has 0 saturated heterocycles. The van der Waals surface area contributed by atoms with E-state index in [4.69, 9.17) is 4.74 Å². The standard InChI is InChI=1S/C73H88N4O10/c1-5-9-59-53-30-46(28-45-26-27-75-70(31-45)77-55-23-20-49-18-19-52(71(84)63(49)36-55)33-57(79)41-74-39-44(3)54-32-56(76-40-54)37-67(59)82)29-50-21-24-60(61-38-68(83)69(87-4)35-51(61)22-25-66(81)73(86)72(85)62(50)34-53)58-12-7-6-10-47(58)16-14-43(2)15-17-48-11-8-13-65(80)64(48)42-78/h6-8,10-13,18-20,23,26,31-32,35-36,38,40,43-44,46,50,53,57,59-60,62,67,73-80,82-84,86H,5,9,14-17,22,25,27-30,33-34,37,39,41-42H2,1-4H3. The van der Waals surface area contributed by atoms with E-state index >= 15 is 4.79 Å². The molecule has 3 heterocycles. The number of anilines is 1. The third-order valence-electron chi connectivity index (χ3n) is 19.2. The van der Waals surface area contributed by atoms with Gasteiger partial charge in [-0.15, -0.1) is 0 Å². The molecule has 0 amide bonds. The van der Waals surface area contributed by atoms with E-state index in [-0.39, 0.29) is 78.5 Å². The van der Waals surface area contributed by atoms with Crippen molar-refractivity contribution in [2.75, 3.05) is 32.1 Å². The van der Waals surface area contributed by atoms with Crippen LogP contribution in [0.3, 0.4) is 0 Å². The molecule has 0 spiro atoms. The molecule has 11 N–H and O–H groups in total. The predicted molar refractivity (Wildman–Crippen MR) is 341 cm³/mol. The fourth-order valence-corrected chi connectivity index (χ4v) is 14.3. The molecule has 4 aliphatic rings. The molecule has 1 aromatic heterocycles. The first-order valence-corrected chi connectivity index (χ1v) is 31.6. The van der Waals surface area contributed by atoms with E-state index in [1.165, 1.54) is 7.11 Å². The van der Waals surface area contributed by atoms with Gasteiger partial charge in [0.2, 0.25) is 0 Å². The summed E-state index contributed by atoms with van der Waals surface area (Å²) < 4.78 is 5.64. The lowest BCUT2D eigenvalue weighted by Crippen LogP contribution is -2.40. The Hall–Kier alpha value is -7.38. The molecule has 0 radical (unpaired) electrons. The number of ketones is 2. The van der Waals surface area contributed by atoms with Crippen LogP contribution in [-0.4, -0.2) is 97.4 Å². The molecule has 2 aliphatic carbocycles. The van der Waals surface area contributed by atoms with Crippen LogP contribution in [0.25, 0.3) is 10.8 Å². The van der Waals surface area contributed by atoms with Gasteiger partial charge in [0.05, 0.1) is 31.8 Å². The molecule has 11 unspecified atom stereocenters. The molecule has 5 aromatic carbocycles. The molecule has 11 atom stereocenters. The van der Waals surface area contributed by atoms with E-state index in [0.29, 0.717) is 98.6 Å². The number of Topliss-reactive ketones (excluding diaryl/α,β-unsaturated/α-hetero) is 2. The highest BCUT2D eigenvalue weighted by Gasteiger charge is 2.44. The van der Waals surface area contributed by atoms with Crippen molar-refractivity contribution in [3.63, 3.8) is 0 Å². The van der Waals surface area contributed by atoms with E-state index < -0.39 is 47.6 Å². The minimum absolute atomic E-state index is 0.0475. The van der Waals surface area contributed by atoms with E-state index in [9.17, 15) is 40.5 Å². The number of aromatic nitrogens is 1. The van der Waals surface area contributed by atoms with Gasteiger partial charge in [0, 0.05) is 79.3 Å². The summed E-state index contributed by atoms with van der Waals surface area (Å²) in [5.74, 6) is 5.40. The molecule has 1 saturated carbocycles. The van der Waals surface area contributed by atoms with Crippen molar-refractivity contribution in [3.05, 3.63) is 171 Å². The average Bonchev–Trinajstić information content (AvgIpc) is 2.77. The zero-order valence-corrected chi connectivity index (χ0v) is 50.8. The number of β-amino-alcohol motifs (C(OH)–C–C–N with tert-alkyl or cyclic N) is 1. The monoisotopic (exact) mass is 1180 g/mol. The number of phenolic OH excluding ortho intramolecular Hbond substituents is 2. The lowest BCUT2D eigenvalue weighted by atomic mass is 9.73. The summed E-state index contributed by atoms with van der Waals surface area (Å²) in [6.45, 7) is 7.69. The van der Waals surface area contributed by atoms with Gasteiger partial charge in [-0.2, -0.15) is 0 Å². The quantitative estimate of drug-likeness (QED) is 0.0428. The molecule has 10 rings (SSSR count). The highest BCUT2D eigenvalue weighted by atomic mass is 16.5. The van der Waals surface area contributed by atoms with Gasteiger partial charge in [0.1, 0.15) is 17.3 Å². The number of aliphatic hydroxyl groups is 4. The van der Waals surface area contributed by atoms with E-state index in [2.05, 4.69) is 83.9 Å². The van der Waals surface area contributed by atoms with E-state index in [1.807, 2.05) is 60.8 Å². The Balaban J connectivity index is 1.05. The zero-order valence-electron chi connectivity index (χ0n) is 50.8. The van der Waals surface area contributed by atoms with Crippen molar-refractivity contribution in [2.24, 2.45) is 35.5 Å². The number of carbonyl (C=O) groups is 2. The minimum Gasteiger partial charge on any atom is -0.508 e. The topological polar surface area (TPSA) is 237 Å². The molecule has 6 aromatic rings. The number of fused-ring (bicyclic) bond motifs is 9. The van der Waals surface area contributed by atoms with Crippen LogP contribution in [0.5, 0.6) is 23.0 Å². The van der Waals surface area contributed by atoms with Crippen LogP contribution in [0.2, 0.25) is 0 Å². The Kier molecular flexibility index (Phi) is 20.6. The van der Waals surface area contributed by atoms with Crippen LogP contribution < -0.4 is 20.7 Å². The molecule has 14 heteroatoms. The Bertz CT molecular complexity index is 3540. The van der Waals surface area contributed by atoms with Gasteiger partial charge in [0.15, 0.2) is 29.2 Å². The van der Waals surface area contributed by atoms with Crippen LogP contribution in [-0.2, 0) is 48.3 Å². The van der Waals surface area contributed by atoms with Gasteiger partial charge in [-0.05, 0) is 186 Å². The lowest BCUT2D eigenvalue weighted by molar-refractivity contribution is -0.142. The van der Waals surface area contributed by atoms with Gasteiger partial charge in [0.25, 0.3) is 0 Å². The number of methoxy groups -OCH3 is 1. The molecule has 14 nitrogen and oxygen atoms in total. The second-order valence-corrected chi connectivity index (χ2v) is 25.4. The van der Waals surface area contributed by atoms with Crippen molar-refractivity contribution in [3.8, 4) is 34.8 Å². The summed E-state index contributed by atoms with van der Waals surface area (Å²) >= 11 is 0. The maximum Gasteiger partial charge on any atom is 0.173 e. The number of rotatable bonds is 11. The number of aromatic amines is 1. The predicted octanol–water partition coefficient (Wildman–Crippen LogP) is 10.7. The van der Waals surface area contributed by atoms with Crippen LogP contribution in [0.1, 0.15) is 141 Å². The number of hydrogen-bond acceptors (Lipinski definition) is 13. The number of nitrogens with one attached hydrogen (secondary N) is 4. The summed E-state index contributed by atoms with van der Waals surface area (Å²) in [6, 6.07) is 28.9. The maximum atomic E-state index is 15.3. The molecule has 460 valence electrons. The van der Waals surface area contributed by atoms with Gasteiger partial charge in [-0.3, -0.25) is 9.59 Å². The number of phenols is 3. The molecule has 2 aliphatic heterocycles. The Morgan fingerprint density at radius 2 is 1.59 bits per heavy atom. The highest BCUT2D eigenvalue weighted by molar-refractivity contribution is 6.06. The molecular weight excluding hydrogens is 1090 g/mol. The number of H-pyrrole nitrogens is 1. The second-order valence-electron chi connectivity index (χ2n) is 25.4. The van der Waals surface area contributed by atoms with Gasteiger partial charge in [-0.25, -0.2) is 0 Å². The summed E-state index contributed by atoms with van der Waals surface area (Å²) in [5, 5.41) is 91.6. The average molecular weight is 1180 g/mol. The SMILES string of the molecule is CCCC1C(O)Cc2cc(c[nH]2)C(C)CNCC(O)Cc2ccc3ccc(cc3c2O)NC2=CC(=CCN2)CC2CC3C#CC(c4ccccc4CCC(C)CCc4cccc(O)c4CO)c4cc(O)c(OC)cc4CCC(=O)C(O)C(=O)C3CC1C2. The van der Waals surface area contributed by atoms with Crippen molar-refractivity contribution in [1.82, 2.24) is 15.6 Å².